The zero-order valence-corrected chi connectivity index (χ0v) is 15.5. The third-order valence-electron chi connectivity index (χ3n) is 5.24. The summed E-state index contributed by atoms with van der Waals surface area (Å²) in [5.41, 5.74) is 2.10. The van der Waals surface area contributed by atoms with Gasteiger partial charge < -0.3 is 19.9 Å². The molecule has 2 saturated heterocycles. The fourth-order valence-corrected chi connectivity index (χ4v) is 4.50. The molecular formula is C20H21N3O3S. The number of hydrogen-bond acceptors (Lipinski definition) is 6. The van der Waals surface area contributed by atoms with E-state index in [0.717, 1.165) is 11.1 Å². The van der Waals surface area contributed by atoms with Crippen LogP contribution in [0, 0.1) is 0 Å². The Labute approximate surface area is 161 Å². The van der Waals surface area contributed by atoms with E-state index >= 15 is 0 Å². The zero-order chi connectivity index (χ0) is 18.2. The van der Waals surface area contributed by atoms with Crippen LogP contribution in [0.3, 0.4) is 0 Å². The van der Waals surface area contributed by atoms with E-state index < -0.39 is 12.4 Å². The first-order valence-corrected chi connectivity index (χ1v) is 9.98. The lowest BCUT2D eigenvalue weighted by atomic mass is 9.96. The largest absolute Gasteiger partial charge is 0.389 e. The van der Waals surface area contributed by atoms with Gasteiger partial charge in [-0.3, -0.25) is 4.68 Å². The highest BCUT2D eigenvalue weighted by atomic mass is 32.1. The smallest absolute Gasteiger partial charge is 0.183 e. The average molecular weight is 383 g/mol. The first kappa shape index (κ1) is 17.1. The SMILES string of the molecule is O[C@H]1[C@H](NCc2cccs2)[C@H]2CO[C@H](O2)[C@@H]1n1cc(-c2ccccc2)cn1. The van der Waals surface area contributed by atoms with Crippen molar-refractivity contribution >= 4 is 11.3 Å². The van der Waals surface area contributed by atoms with Crippen LogP contribution in [-0.2, 0) is 16.0 Å². The van der Waals surface area contributed by atoms with Crippen LogP contribution in [-0.4, -0.2) is 46.0 Å². The maximum atomic E-state index is 11.1. The molecule has 2 aromatic heterocycles. The van der Waals surface area contributed by atoms with E-state index in [1.165, 1.54) is 4.88 Å². The minimum absolute atomic E-state index is 0.148. The van der Waals surface area contributed by atoms with Gasteiger partial charge in [0.1, 0.15) is 12.1 Å². The molecule has 7 heteroatoms. The van der Waals surface area contributed by atoms with Gasteiger partial charge in [-0.2, -0.15) is 5.10 Å². The van der Waals surface area contributed by atoms with Gasteiger partial charge in [-0.25, -0.2) is 0 Å². The second kappa shape index (κ2) is 7.18. The Kier molecular flexibility index (Phi) is 4.55. The second-order valence-corrected chi connectivity index (χ2v) is 7.95. The molecule has 2 aliphatic heterocycles. The van der Waals surface area contributed by atoms with Gasteiger partial charge in [-0.1, -0.05) is 36.4 Å². The molecule has 0 amide bonds. The number of rotatable bonds is 5. The van der Waals surface area contributed by atoms with Crippen molar-refractivity contribution in [2.75, 3.05) is 6.61 Å². The van der Waals surface area contributed by atoms with Crippen LogP contribution in [0.4, 0.5) is 0 Å². The number of nitrogens with one attached hydrogen (secondary N) is 1. The van der Waals surface area contributed by atoms with E-state index in [1.54, 1.807) is 16.0 Å². The molecule has 4 heterocycles. The molecule has 1 aromatic carbocycles. The van der Waals surface area contributed by atoms with E-state index in [0.29, 0.717) is 13.2 Å². The van der Waals surface area contributed by atoms with Crippen LogP contribution in [0.5, 0.6) is 0 Å². The number of aliphatic hydroxyl groups excluding tert-OH is 1. The molecule has 0 unspecified atom stereocenters. The Hall–Kier alpha value is -2.03. The molecule has 2 aliphatic rings. The molecule has 5 atom stereocenters. The lowest BCUT2D eigenvalue weighted by molar-refractivity contribution is -0.168. The summed E-state index contributed by atoms with van der Waals surface area (Å²) in [4.78, 5) is 1.23. The first-order chi connectivity index (χ1) is 13.3. The number of ether oxygens (including phenoxy) is 2. The standard InChI is InChI=1S/C20H21N3O3S/c24-19-17(21-10-15-7-4-8-27-15)16-12-25-20(26-16)18(19)23-11-14(9-22-23)13-5-2-1-3-6-13/h1-9,11,16-21,24H,10,12H2/t16-,17-,18-,19+,20-/m1/s1. The lowest BCUT2D eigenvalue weighted by Crippen LogP contribution is -2.57. The normalized spacial score (nSPS) is 29.9. The average Bonchev–Trinajstić information content (AvgIpc) is 3.44. The number of aromatic nitrogens is 2. The Morgan fingerprint density at radius 3 is 2.89 bits per heavy atom. The summed E-state index contributed by atoms with van der Waals surface area (Å²) in [7, 11) is 0. The van der Waals surface area contributed by atoms with Gasteiger partial charge in [0.2, 0.25) is 0 Å². The number of fused-ring (bicyclic) bond motifs is 2. The minimum Gasteiger partial charge on any atom is -0.389 e. The quantitative estimate of drug-likeness (QED) is 0.708. The van der Waals surface area contributed by atoms with Crippen LogP contribution < -0.4 is 5.32 Å². The molecular weight excluding hydrogens is 362 g/mol. The van der Waals surface area contributed by atoms with Crippen LogP contribution in [0.1, 0.15) is 10.9 Å². The van der Waals surface area contributed by atoms with Gasteiger partial charge in [-0.05, 0) is 17.0 Å². The summed E-state index contributed by atoms with van der Waals surface area (Å²) in [6.45, 7) is 1.18. The summed E-state index contributed by atoms with van der Waals surface area (Å²) in [6, 6.07) is 13.6. The molecule has 0 aliphatic carbocycles. The number of thiophene rings is 1. The van der Waals surface area contributed by atoms with E-state index in [1.807, 2.05) is 48.8 Å². The molecule has 140 valence electrons. The molecule has 0 spiro atoms. The van der Waals surface area contributed by atoms with Crippen LogP contribution in [0.2, 0.25) is 0 Å². The maximum Gasteiger partial charge on any atom is 0.183 e. The predicted molar refractivity (Wildman–Crippen MR) is 102 cm³/mol. The second-order valence-electron chi connectivity index (χ2n) is 6.92. The topological polar surface area (TPSA) is 68.5 Å². The van der Waals surface area contributed by atoms with Gasteiger partial charge in [0, 0.05) is 23.2 Å². The molecule has 2 fully saturated rings. The molecule has 6 nitrogen and oxygen atoms in total. The van der Waals surface area contributed by atoms with E-state index in [4.69, 9.17) is 9.47 Å². The number of benzene rings is 1. The lowest BCUT2D eigenvalue weighted by Gasteiger charge is -2.38. The molecule has 0 radical (unpaired) electrons. The molecule has 2 N–H and O–H groups in total. The highest BCUT2D eigenvalue weighted by Crippen LogP contribution is 2.36. The fourth-order valence-electron chi connectivity index (χ4n) is 3.85. The Bertz CT molecular complexity index is 883. The van der Waals surface area contributed by atoms with Crippen molar-refractivity contribution in [1.29, 1.82) is 0 Å². The summed E-state index contributed by atoms with van der Waals surface area (Å²) in [5, 5.41) is 21.1. The Balaban J connectivity index is 1.38. The van der Waals surface area contributed by atoms with Gasteiger partial charge in [0.25, 0.3) is 0 Å². The van der Waals surface area contributed by atoms with Crippen LogP contribution in [0.15, 0.2) is 60.2 Å². The van der Waals surface area contributed by atoms with Crippen molar-refractivity contribution in [2.24, 2.45) is 0 Å². The summed E-state index contributed by atoms with van der Waals surface area (Å²) in [6.07, 6.45) is 2.49. The van der Waals surface area contributed by atoms with Crippen molar-refractivity contribution in [3.8, 4) is 11.1 Å². The molecule has 27 heavy (non-hydrogen) atoms. The number of aliphatic hydroxyl groups is 1. The molecule has 3 aromatic rings. The van der Waals surface area contributed by atoms with E-state index in [-0.39, 0.29) is 18.2 Å². The van der Waals surface area contributed by atoms with Gasteiger partial charge in [-0.15, -0.1) is 11.3 Å². The van der Waals surface area contributed by atoms with Crippen molar-refractivity contribution in [1.82, 2.24) is 15.1 Å². The first-order valence-electron chi connectivity index (χ1n) is 9.10. The number of hydrogen-bond donors (Lipinski definition) is 2. The van der Waals surface area contributed by atoms with E-state index in [9.17, 15) is 5.11 Å². The monoisotopic (exact) mass is 383 g/mol. The van der Waals surface area contributed by atoms with Crippen LogP contribution in [0.25, 0.3) is 11.1 Å². The highest BCUT2D eigenvalue weighted by Gasteiger charge is 2.51. The number of nitrogens with zero attached hydrogens (tertiary/aromatic N) is 2. The zero-order valence-electron chi connectivity index (χ0n) is 14.6. The molecule has 5 rings (SSSR count). The van der Waals surface area contributed by atoms with Crippen molar-refractivity contribution in [3.05, 3.63) is 65.1 Å². The summed E-state index contributed by atoms with van der Waals surface area (Å²) < 4.78 is 13.6. The third-order valence-corrected chi connectivity index (χ3v) is 6.11. The van der Waals surface area contributed by atoms with Crippen molar-refractivity contribution in [3.63, 3.8) is 0 Å². The Morgan fingerprint density at radius 2 is 2.07 bits per heavy atom. The van der Waals surface area contributed by atoms with Gasteiger partial charge >= 0.3 is 0 Å². The summed E-state index contributed by atoms with van der Waals surface area (Å²) >= 11 is 1.70. The van der Waals surface area contributed by atoms with Crippen molar-refractivity contribution < 1.29 is 14.6 Å². The highest BCUT2D eigenvalue weighted by molar-refractivity contribution is 7.09. The molecule has 2 bridgehead atoms. The van der Waals surface area contributed by atoms with Crippen LogP contribution >= 0.6 is 11.3 Å². The Morgan fingerprint density at radius 1 is 1.19 bits per heavy atom. The van der Waals surface area contributed by atoms with Gasteiger partial charge in [0.05, 0.1) is 24.9 Å². The minimum atomic E-state index is -0.653. The van der Waals surface area contributed by atoms with E-state index in [2.05, 4.69) is 21.9 Å². The maximum absolute atomic E-state index is 11.1. The third kappa shape index (κ3) is 3.22. The predicted octanol–water partition coefficient (Wildman–Crippen LogP) is 2.43. The molecule has 0 saturated carbocycles. The fraction of sp³-hybridized carbons (Fsp3) is 0.350. The van der Waals surface area contributed by atoms with Gasteiger partial charge in [0.15, 0.2) is 6.29 Å². The summed E-state index contributed by atoms with van der Waals surface area (Å²) in [5.74, 6) is 0. The van der Waals surface area contributed by atoms with Crippen molar-refractivity contribution in [2.45, 2.75) is 37.1 Å².